The van der Waals surface area contributed by atoms with Crippen molar-refractivity contribution < 1.29 is 4.74 Å². The third-order valence-corrected chi connectivity index (χ3v) is 5.31. The molecule has 0 amide bonds. The summed E-state index contributed by atoms with van der Waals surface area (Å²) in [5.41, 5.74) is 2.38. The SMILES string of the molecule is CN=C(NCc1nc(C(C)C)c(C)s1)NC1CCOc2ccccc21. The van der Waals surface area contributed by atoms with Crippen LogP contribution in [0.2, 0.25) is 0 Å². The molecule has 25 heavy (non-hydrogen) atoms. The number of aliphatic imine (C=N–C) groups is 1. The summed E-state index contributed by atoms with van der Waals surface area (Å²) in [7, 11) is 1.80. The summed E-state index contributed by atoms with van der Waals surface area (Å²) >= 11 is 1.75. The number of aryl methyl sites for hydroxylation is 1. The Bertz CT molecular complexity index is 754. The van der Waals surface area contributed by atoms with Crippen molar-refractivity contribution in [3.63, 3.8) is 0 Å². The number of nitrogens with zero attached hydrogens (tertiary/aromatic N) is 2. The maximum absolute atomic E-state index is 5.73. The van der Waals surface area contributed by atoms with E-state index in [4.69, 9.17) is 9.72 Å². The Hall–Kier alpha value is -2.08. The molecule has 3 rings (SSSR count). The van der Waals surface area contributed by atoms with Crippen molar-refractivity contribution in [3.05, 3.63) is 45.4 Å². The van der Waals surface area contributed by atoms with Gasteiger partial charge in [-0.05, 0) is 18.9 Å². The van der Waals surface area contributed by atoms with Gasteiger partial charge in [0.25, 0.3) is 0 Å². The number of guanidine groups is 1. The molecule has 0 spiro atoms. The van der Waals surface area contributed by atoms with Gasteiger partial charge in [-0.2, -0.15) is 0 Å². The maximum Gasteiger partial charge on any atom is 0.191 e. The van der Waals surface area contributed by atoms with E-state index in [0.717, 1.165) is 29.7 Å². The molecule has 1 aromatic carbocycles. The molecule has 6 heteroatoms. The normalized spacial score (nSPS) is 17.2. The number of nitrogens with one attached hydrogen (secondary N) is 2. The van der Waals surface area contributed by atoms with E-state index in [1.165, 1.54) is 16.1 Å². The van der Waals surface area contributed by atoms with Crippen LogP contribution in [-0.4, -0.2) is 24.6 Å². The molecule has 0 bridgehead atoms. The van der Waals surface area contributed by atoms with Crippen LogP contribution in [0.15, 0.2) is 29.3 Å². The van der Waals surface area contributed by atoms with E-state index in [9.17, 15) is 0 Å². The molecule has 0 fully saturated rings. The van der Waals surface area contributed by atoms with Gasteiger partial charge >= 0.3 is 0 Å². The molecule has 0 saturated carbocycles. The monoisotopic (exact) mass is 358 g/mol. The summed E-state index contributed by atoms with van der Waals surface area (Å²) < 4.78 is 5.73. The number of para-hydroxylation sites is 1. The first kappa shape index (κ1) is 17.7. The van der Waals surface area contributed by atoms with E-state index in [-0.39, 0.29) is 6.04 Å². The van der Waals surface area contributed by atoms with Crippen molar-refractivity contribution in [1.29, 1.82) is 0 Å². The van der Waals surface area contributed by atoms with Gasteiger partial charge in [-0.15, -0.1) is 11.3 Å². The molecule has 134 valence electrons. The molecule has 1 unspecified atom stereocenters. The molecule has 2 heterocycles. The summed E-state index contributed by atoms with van der Waals surface area (Å²) in [6, 6.07) is 8.39. The van der Waals surface area contributed by atoms with Gasteiger partial charge in [0, 0.05) is 23.9 Å². The lowest BCUT2D eigenvalue weighted by atomic mass is 10.0. The lowest BCUT2D eigenvalue weighted by Gasteiger charge is -2.27. The molecule has 0 aliphatic carbocycles. The Labute approximate surface area is 153 Å². The summed E-state index contributed by atoms with van der Waals surface area (Å²) in [5, 5.41) is 8.00. The zero-order valence-electron chi connectivity index (χ0n) is 15.3. The van der Waals surface area contributed by atoms with Crippen LogP contribution in [0.4, 0.5) is 0 Å². The number of thiazole rings is 1. The van der Waals surface area contributed by atoms with Crippen molar-refractivity contribution in [1.82, 2.24) is 15.6 Å². The van der Waals surface area contributed by atoms with Crippen LogP contribution >= 0.6 is 11.3 Å². The highest BCUT2D eigenvalue weighted by molar-refractivity contribution is 7.11. The van der Waals surface area contributed by atoms with Crippen molar-refractivity contribution in [3.8, 4) is 5.75 Å². The van der Waals surface area contributed by atoms with E-state index < -0.39 is 0 Å². The van der Waals surface area contributed by atoms with Crippen LogP contribution < -0.4 is 15.4 Å². The van der Waals surface area contributed by atoms with E-state index >= 15 is 0 Å². The van der Waals surface area contributed by atoms with E-state index in [1.807, 2.05) is 18.2 Å². The number of ether oxygens (including phenoxy) is 1. The summed E-state index contributed by atoms with van der Waals surface area (Å²) in [5.74, 6) is 2.21. The molecule has 1 aliphatic heterocycles. The van der Waals surface area contributed by atoms with Crippen molar-refractivity contribution >= 4 is 17.3 Å². The fourth-order valence-corrected chi connectivity index (χ4v) is 4.11. The fourth-order valence-electron chi connectivity index (χ4n) is 3.09. The van der Waals surface area contributed by atoms with Crippen LogP contribution in [0.3, 0.4) is 0 Å². The number of hydrogen-bond donors (Lipinski definition) is 2. The van der Waals surface area contributed by atoms with Gasteiger partial charge in [0.1, 0.15) is 10.8 Å². The Morgan fingerprint density at radius 3 is 2.92 bits per heavy atom. The molecule has 2 aromatic rings. The first-order valence-corrected chi connectivity index (χ1v) is 9.55. The Morgan fingerprint density at radius 2 is 2.20 bits per heavy atom. The minimum atomic E-state index is 0.209. The van der Waals surface area contributed by atoms with Crippen LogP contribution in [0.5, 0.6) is 5.75 Å². The Kier molecular flexibility index (Phi) is 5.58. The second-order valence-electron chi connectivity index (χ2n) is 6.50. The van der Waals surface area contributed by atoms with Crippen LogP contribution in [-0.2, 0) is 6.54 Å². The number of benzene rings is 1. The summed E-state index contributed by atoms with van der Waals surface area (Å²) in [4.78, 5) is 10.4. The molecule has 1 aromatic heterocycles. The average molecular weight is 359 g/mol. The van der Waals surface area contributed by atoms with E-state index in [1.54, 1.807) is 18.4 Å². The van der Waals surface area contributed by atoms with Gasteiger partial charge in [-0.3, -0.25) is 4.99 Å². The highest BCUT2D eigenvalue weighted by atomic mass is 32.1. The number of rotatable bonds is 4. The van der Waals surface area contributed by atoms with Gasteiger partial charge in [0.2, 0.25) is 0 Å². The topological polar surface area (TPSA) is 58.5 Å². The molecule has 1 atom stereocenters. The van der Waals surface area contributed by atoms with Crippen LogP contribution in [0.25, 0.3) is 0 Å². The first-order valence-electron chi connectivity index (χ1n) is 8.73. The van der Waals surface area contributed by atoms with Crippen molar-refractivity contribution in [2.75, 3.05) is 13.7 Å². The number of hydrogen-bond acceptors (Lipinski definition) is 4. The van der Waals surface area contributed by atoms with Gasteiger partial charge in [-0.1, -0.05) is 32.0 Å². The third kappa shape index (κ3) is 4.12. The first-order chi connectivity index (χ1) is 12.1. The highest BCUT2D eigenvalue weighted by Crippen LogP contribution is 2.31. The average Bonchev–Trinajstić information content (AvgIpc) is 2.99. The van der Waals surface area contributed by atoms with Gasteiger partial charge < -0.3 is 15.4 Å². The molecular weight excluding hydrogens is 332 g/mol. The van der Waals surface area contributed by atoms with Gasteiger partial charge in [0.05, 0.1) is 24.9 Å². The minimum absolute atomic E-state index is 0.209. The number of fused-ring (bicyclic) bond motifs is 1. The zero-order chi connectivity index (χ0) is 17.8. The largest absolute Gasteiger partial charge is 0.493 e. The quantitative estimate of drug-likeness (QED) is 0.645. The molecule has 2 N–H and O–H groups in total. The zero-order valence-corrected chi connectivity index (χ0v) is 16.1. The Balaban J connectivity index is 1.64. The lowest BCUT2D eigenvalue weighted by molar-refractivity contribution is 0.261. The van der Waals surface area contributed by atoms with Crippen molar-refractivity contribution in [2.24, 2.45) is 4.99 Å². The Morgan fingerprint density at radius 1 is 1.40 bits per heavy atom. The molecule has 0 saturated heterocycles. The summed E-state index contributed by atoms with van der Waals surface area (Å²) in [6.07, 6.45) is 0.922. The van der Waals surface area contributed by atoms with Crippen LogP contribution in [0.1, 0.15) is 53.4 Å². The minimum Gasteiger partial charge on any atom is -0.493 e. The molecular formula is C19H26N4OS. The molecule has 5 nitrogen and oxygen atoms in total. The summed E-state index contributed by atoms with van der Waals surface area (Å²) in [6.45, 7) is 7.91. The smallest absolute Gasteiger partial charge is 0.191 e. The second kappa shape index (κ2) is 7.87. The van der Waals surface area contributed by atoms with E-state index in [0.29, 0.717) is 12.5 Å². The predicted molar refractivity (Wildman–Crippen MR) is 104 cm³/mol. The highest BCUT2D eigenvalue weighted by Gasteiger charge is 2.22. The molecule has 0 radical (unpaired) electrons. The standard InChI is InChI=1S/C19H26N4OS/c1-12(2)18-13(3)25-17(23-18)11-21-19(20-4)22-15-9-10-24-16-8-6-5-7-14(15)16/h5-8,12,15H,9-11H2,1-4H3,(H2,20,21,22). The predicted octanol–water partition coefficient (Wildman–Crippen LogP) is 3.76. The van der Waals surface area contributed by atoms with Gasteiger partial charge in [-0.25, -0.2) is 4.98 Å². The maximum atomic E-state index is 5.73. The molecule has 1 aliphatic rings. The lowest BCUT2D eigenvalue weighted by Crippen LogP contribution is -2.40. The van der Waals surface area contributed by atoms with E-state index in [2.05, 4.69) is 42.5 Å². The van der Waals surface area contributed by atoms with Crippen LogP contribution in [0, 0.1) is 6.92 Å². The van der Waals surface area contributed by atoms with Gasteiger partial charge in [0.15, 0.2) is 5.96 Å². The number of aromatic nitrogens is 1. The van der Waals surface area contributed by atoms with Crippen molar-refractivity contribution in [2.45, 2.75) is 45.7 Å². The second-order valence-corrected chi connectivity index (χ2v) is 7.79. The third-order valence-electron chi connectivity index (χ3n) is 4.32. The fraction of sp³-hybridized carbons (Fsp3) is 0.474.